The van der Waals surface area contributed by atoms with Crippen LogP contribution in [0, 0.1) is 17.8 Å². The fraction of sp³-hybridized carbons (Fsp3) is 0.818. The number of hydrogen-bond acceptors (Lipinski definition) is 1. The lowest BCUT2D eigenvalue weighted by Gasteiger charge is -2.27. The Bertz CT molecular complexity index is 167. The van der Waals surface area contributed by atoms with E-state index in [1.807, 2.05) is 0 Å². The molecule has 0 aromatic carbocycles. The van der Waals surface area contributed by atoms with Gasteiger partial charge < -0.3 is 4.90 Å². The van der Waals surface area contributed by atoms with Crippen molar-refractivity contribution in [3.63, 3.8) is 0 Å². The number of hydrogen-bond donors (Lipinski definition) is 0. The maximum Gasteiger partial charge on any atom is 0.0118 e. The Morgan fingerprint density at radius 3 is 2.50 bits per heavy atom. The molecule has 0 spiro atoms. The SMILES string of the molecule is CCC#CCC1CCN(C)CC1. The van der Waals surface area contributed by atoms with Crippen molar-refractivity contribution in [1.29, 1.82) is 0 Å². The lowest BCUT2D eigenvalue weighted by atomic mass is 9.94. The van der Waals surface area contributed by atoms with Gasteiger partial charge in [0.05, 0.1) is 0 Å². The van der Waals surface area contributed by atoms with Crippen LogP contribution in [0.15, 0.2) is 0 Å². The van der Waals surface area contributed by atoms with Crippen molar-refractivity contribution < 1.29 is 0 Å². The van der Waals surface area contributed by atoms with E-state index in [2.05, 4.69) is 30.7 Å². The second kappa shape index (κ2) is 5.22. The second-order valence-corrected chi connectivity index (χ2v) is 3.66. The first-order valence-electron chi connectivity index (χ1n) is 4.97. The van der Waals surface area contributed by atoms with Crippen molar-refractivity contribution in [2.75, 3.05) is 20.1 Å². The van der Waals surface area contributed by atoms with Crippen molar-refractivity contribution >= 4 is 0 Å². The zero-order valence-electron chi connectivity index (χ0n) is 8.27. The Morgan fingerprint density at radius 1 is 1.25 bits per heavy atom. The average molecular weight is 165 g/mol. The fourth-order valence-corrected chi connectivity index (χ4v) is 1.61. The van der Waals surface area contributed by atoms with E-state index in [-0.39, 0.29) is 0 Å². The molecule has 1 aliphatic rings. The largest absolute Gasteiger partial charge is 0.306 e. The maximum atomic E-state index is 3.25. The second-order valence-electron chi connectivity index (χ2n) is 3.66. The summed E-state index contributed by atoms with van der Waals surface area (Å²) < 4.78 is 0. The first-order chi connectivity index (χ1) is 5.83. The molecular weight excluding hydrogens is 146 g/mol. The summed E-state index contributed by atoms with van der Waals surface area (Å²) in [7, 11) is 2.20. The molecule has 12 heavy (non-hydrogen) atoms. The molecule has 1 aliphatic heterocycles. The van der Waals surface area contributed by atoms with Crippen LogP contribution in [0.1, 0.15) is 32.6 Å². The van der Waals surface area contributed by atoms with E-state index in [0.29, 0.717) is 0 Å². The summed E-state index contributed by atoms with van der Waals surface area (Å²) in [4.78, 5) is 2.41. The minimum Gasteiger partial charge on any atom is -0.306 e. The Hall–Kier alpha value is -0.480. The van der Waals surface area contributed by atoms with Crippen LogP contribution in [0.2, 0.25) is 0 Å². The summed E-state index contributed by atoms with van der Waals surface area (Å²) in [6.45, 7) is 4.64. The average Bonchev–Trinajstić information content (AvgIpc) is 2.09. The lowest BCUT2D eigenvalue weighted by Crippen LogP contribution is -2.29. The van der Waals surface area contributed by atoms with Crippen LogP contribution in [0.4, 0.5) is 0 Å². The third kappa shape index (κ3) is 3.28. The van der Waals surface area contributed by atoms with Gasteiger partial charge in [-0.2, -0.15) is 0 Å². The van der Waals surface area contributed by atoms with Gasteiger partial charge in [-0.15, -0.1) is 11.8 Å². The van der Waals surface area contributed by atoms with Crippen LogP contribution in [0.3, 0.4) is 0 Å². The molecular formula is C11H19N. The molecule has 1 saturated heterocycles. The zero-order chi connectivity index (χ0) is 8.81. The number of rotatable bonds is 1. The van der Waals surface area contributed by atoms with Gasteiger partial charge in [0, 0.05) is 12.8 Å². The minimum absolute atomic E-state index is 0.875. The van der Waals surface area contributed by atoms with Crippen LogP contribution in [0.25, 0.3) is 0 Å². The van der Waals surface area contributed by atoms with E-state index >= 15 is 0 Å². The smallest absolute Gasteiger partial charge is 0.0118 e. The molecule has 0 aromatic rings. The van der Waals surface area contributed by atoms with Gasteiger partial charge in [-0.1, -0.05) is 6.92 Å². The predicted molar refractivity (Wildman–Crippen MR) is 52.9 cm³/mol. The van der Waals surface area contributed by atoms with Crippen LogP contribution < -0.4 is 0 Å². The molecule has 68 valence electrons. The van der Waals surface area contributed by atoms with E-state index in [9.17, 15) is 0 Å². The van der Waals surface area contributed by atoms with Gasteiger partial charge in [0.15, 0.2) is 0 Å². The monoisotopic (exact) mass is 165 g/mol. The molecule has 0 aliphatic carbocycles. The van der Waals surface area contributed by atoms with E-state index in [0.717, 1.165) is 18.8 Å². The Labute approximate surface area is 76.1 Å². The Balaban J connectivity index is 2.17. The lowest BCUT2D eigenvalue weighted by molar-refractivity contribution is 0.222. The van der Waals surface area contributed by atoms with Gasteiger partial charge >= 0.3 is 0 Å². The third-order valence-electron chi connectivity index (χ3n) is 2.53. The van der Waals surface area contributed by atoms with Gasteiger partial charge in [0.1, 0.15) is 0 Å². The molecule has 0 aromatic heterocycles. The molecule has 0 bridgehead atoms. The van der Waals surface area contributed by atoms with Gasteiger partial charge in [-0.25, -0.2) is 0 Å². The van der Waals surface area contributed by atoms with Crippen LogP contribution in [0.5, 0.6) is 0 Å². The molecule has 1 nitrogen and oxygen atoms in total. The van der Waals surface area contributed by atoms with E-state index in [1.165, 1.54) is 25.9 Å². The van der Waals surface area contributed by atoms with Gasteiger partial charge in [-0.3, -0.25) is 0 Å². The highest BCUT2D eigenvalue weighted by atomic mass is 15.1. The fourth-order valence-electron chi connectivity index (χ4n) is 1.61. The summed E-state index contributed by atoms with van der Waals surface area (Å²) >= 11 is 0. The summed E-state index contributed by atoms with van der Waals surface area (Å²) in [6, 6.07) is 0. The zero-order valence-corrected chi connectivity index (χ0v) is 8.27. The first kappa shape index (κ1) is 9.61. The van der Waals surface area contributed by atoms with Gasteiger partial charge in [0.25, 0.3) is 0 Å². The van der Waals surface area contributed by atoms with Crippen LogP contribution in [-0.4, -0.2) is 25.0 Å². The summed E-state index contributed by atoms with van der Waals surface area (Å²) in [5.74, 6) is 7.27. The maximum absolute atomic E-state index is 3.25. The molecule has 1 rings (SSSR count). The molecule has 0 amide bonds. The molecule has 0 atom stereocenters. The highest BCUT2D eigenvalue weighted by Gasteiger charge is 2.14. The van der Waals surface area contributed by atoms with Gasteiger partial charge in [0.2, 0.25) is 0 Å². The Kier molecular flexibility index (Phi) is 4.18. The number of nitrogens with zero attached hydrogens (tertiary/aromatic N) is 1. The van der Waals surface area contributed by atoms with Crippen molar-refractivity contribution in [3.05, 3.63) is 0 Å². The molecule has 0 radical (unpaired) electrons. The topological polar surface area (TPSA) is 3.24 Å². The highest BCUT2D eigenvalue weighted by molar-refractivity contribution is 4.99. The highest BCUT2D eigenvalue weighted by Crippen LogP contribution is 2.18. The number of likely N-dealkylation sites (tertiary alicyclic amines) is 1. The predicted octanol–water partition coefficient (Wildman–Crippen LogP) is 2.13. The molecule has 1 heterocycles. The quantitative estimate of drug-likeness (QED) is 0.538. The molecule has 0 N–H and O–H groups in total. The van der Waals surface area contributed by atoms with Crippen molar-refractivity contribution in [1.82, 2.24) is 4.90 Å². The molecule has 0 unspecified atom stereocenters. The molecule has 1 fully saturated rings. The summed E-state index contributed by atoms with van der Waals surface area (Å²) in [6.07, 6.45) is 4.82. The Morgan fingerprint density at radius 2 is 1.92 bits per heavy atom. The van der Waals surface area contributed by atoms with E-state index in [1.54, 1.807) is 0 Å². The summed E-state index contributed by atoms with van der Waals surface area (Å²) in [5.41, 5.74) is 0. The van der Waals surface area contributed by atoms with Crippen LogP contribution in [-0.2, 0) is 0 Å². The first-order valence-corrected chi connectivity index (χ1v) is 4.97. The third-order valence-corrected chi connectivity index (χ3v) is 2.53. The standard InChI is InChI=1S/C11H19N/c1-3-4-5-6-11-7-9-12(2)10-8-11/h11H,3,6-10H2,1-2H3. The summed E-state index contributed by atoms with van der Waals surface area (Å²) in [5, 5.41) is 0. The van der Waals surface area contributed by atoms with Crippen LogP contribution >= 0.6 is 0 Å². The van der Waals surface area contributed by atoms with E-state index in [4.69, 9.17) is 0 Å². The van der Waals surface area contributed by atoms with E-state index < -0.39 is 0 Å². The molecule has 1 heteroatoms. The minimum atomic E-state index is 0.875. The van der Waals surface area contributed by atoms with Crippen molar-refractivity contribution in [3.8, 4) is 11.8 Å². The van der Waals surface area contributed by atoms with Crippen molar-refractivity contribution in [2.24, 2.45) is 5.92 Å². The number of piperidine rings is 1. The van der Waals surface area contributed by atoms with Crippen molar-refractivity contribution in [2.45, 2.75) is 32.6 Å². The molecule has 0 saturated carbocycles. The normalized spacial score (nSPS) is 20.2. The van der Waals surface area contributed by atoms with Gasteiger partial charge in [-0.05, 0) is 38.9 Å².